The number of ether oxygens (including phenoxy) is 1. The number of esters is 1. The molecule has 5 nitrogen and oxygen atoms in total. The molecule has 0 N–H and O–H groups in total. The maximum atomic E-state index is 12.4. The summed E-state index contributed by atoms with van der Waals surface area (Å²) in [4.78, 5) is 12.4. The topological polar surface area (TPSA) is 57.0 Å². The lowest BCUT2D eigenvalue weighted by atomic mass is 10.1. The molecule has 0 spiro atoms. The van der Waals surface area contributed by atoms with Gasteiger partial charge in [-0.15, -0.1) is 5.10 Å². The summed E-state index contributed by atoms with van der Waals surface area (Å²) in [5.41, 5.74) is 3.94. The van der Waals surface area contributed by atoms with Gasteiger partial charge >= 0.3 is 5.97 Å². The van der Waals surface area contributed by atoms with Crippen molar-refractivity contribution in [2.45, 2.75) is 27.3 Å². The van der Waals surface area contributed by atoms with Crippen molar-refractivity contribution < 1.29 is 9.53 Å². The lowest BCUT2D eigenvalue weighted by molar-refractivity contribution is 0.0732. The molecule has 0 bridgehead atoms. The molecule has 2 aromatic carbocycles. The molecule has 3 aromatic rings. The van der Waals surface area contributed by atoms with Crippen molar-refractivity contribution in [3.05, 3.63) is 53.1 Å². The molecule has 0 amide bonds. The summed E-state index contributed by atoms with van der Waals surface area (Å²) in [7, 11) is 0. The van der Waals surface area contributed by atoms with Crippen LogP contribution in [0.4, 0.5) is 0 Å². The predicted molar refractivity (Wildman–Crippen MR) is 84.1 cm³/mol. The highest BCUT2D eigenvalue weighted by molar-refractivity contribution is 5.95. The minimum atomic E-state index is -0.384. The van der Waals surface area contributed by atoms with Crippen LogP contribution in [-0.4, -0.2) is 21.0 Å². The van der Waals surface area contributed by atoms with Crippen LogP contribution < -0.4 is 4.74 Å². The zero-order valence-electron chi connectivity index (χ0n) is 12.8. The van der Waals surface area contributed by atoms with Crippen LogP contribution in [0.1, 0.15) is 28.4 Å². The Kier molecular flexibility index (Phi) is 3.63. The maximum Gasteiger partial charge on any atom is 0.343 e. The molecule has 1 heterocycles. The summed E-state index contributed by atoms with van der Waals surface area (Å²) >= 11 is 0. The van der Waals surface area contributed by atoms with E-state index in [0.717, 1.165) is 23.2 Å². The van der Waals surface area contributed by atoms with Crippen molar-refractivity contribution in [2.24, 2.45) is 0 Å². The largest absolute Gasteiger partial charge is 0.422 e. The molecule has 0 unspecified atom stereocenters. The smallest absolute Gasteiger partial charge is 0.343 e. The first-order valence-corrected chi connectivity index (χ1v) is 7.21. The summed E-state index contributed by atoms with van der Waals surface area (Å²) in [6, 6.07) is 11.1. The average molecular weight is 295 g/mol. The Hall–Kier alpha value is -2.69. The van der Waals surface area contributed by atoms with E-state index in [9.17, 15) is 4.79 Å². The van der Waals surface area contributed by atoms with Crippen molar-refractivity contribution in [3.8, 4) is 5.75 Å². The number of fused-ring (bicyclic) bond motifs is 1. The standard InChI is InChI=1S/C17H17N3O2/c1-4-20-15-9-8-13(10-14(15)18-19-20)17(21)22-16-11(2)6-5-7-12(16)3/h5-10H,4H2,1-3H3. The number of hydrogen-bond donors (Lipinski definition) is 0. The Balaban J connectivity index is 1.92. The minimum Gasteiger partial charge on any atom is -0.422 e. The van der Waals surface area contributed by atoms with Crippen LogP contribution in [0.2, 0.25) is 0 Å². The number of aromatic nitrogens is 3. The van der Waals surface area contributed by atoms with E-state index in [1.807, 2.05) is 45.0 Å². The highest BCUT2D eigenvalue weighted by atomic mass is 16.5. The van der Waals surface area contributed by atoms with Gasteiger partial charge in [0.1, 0.15) is 11.3 Å². The van der Waals surface area contributed by atoms with Crippen LogP contribution in [0.25, 0.3) is 11.0 Å². The maximum absolute atomic E-state index is 12.4. The van der Waals surface area contributed by atoms with E-state index in [-0.39, 0.29) is 5.97 Å². The van der Waals surface area contributed by atoms with Gasteiger partial charge in [0.2, 0.25) is 0 Å². The van der Waals surface area contributed by atoms with E-state index in [1.165, 1.54) is 0 Å². The lowest BCUT2D eigenvalue weighted by Gasteiger charge is -2.10. The molecular formula is C17H17N3O2. The van der Waals surface area contributed by atoms with Crippen LogP contribution in [0.15, 0.2) is 36.4 Å². The fourth-order valence-electron chi connectivity index (χ4n) is 2.44. The van der Waals surface area contributed by atoms with E-state index < -0.39 is 0 Å². The van der Waals surface area contributed by atoms with E-state index in [2.05, 4.69) is 10.3 Å². The Labute approximate surface area is 128 Å². The van der Waals surface area contributed by atoms with Gasteiger partial charge in [-0.3, -0.25) is 0 Å². The first-order valence-electron chi connectivity index (χ1n) is 7.21. The van der Waals surface area contributed by atoms with Crippen molar-refractivity contribution in [3.63, 3.8) is 0 Å². The van der Waals surface area contributed by atoms with Crippen molar-refractivity contribution in [2.75, 3.05) is 0 Å². The highest BCUT2D eigenvalue weighted by Gasteiger charge is 2.14. The molecule has 0 atom stereocenters. The monoisotopic (exact) mass is 295 g/mol. The quantitative estimate of drug-likeness (QED) is 0.549. The zero-order chi connectivity index (χ0) is 15.7. The Morgan fingerprint density at radius 3 is 2.59 bits per heavy atom. The number of carbonyl (C=O) groups excluding carboxylic acids is 1. The van der Waals surface area contributed by atoms with Gasteiger partial charge in [0.15, 0.2) is 0 Å². The molecular weight excluding hydrogens is 278 g/mol. The van der Waals surface area contributed by atoms with Gasteiger partial charge in [-0.2, -0.15) is 0 Å². The Bertz CT molecular complexity index is 832. The number of rotatable bonds is 3. The highest BCUT2D eigenvalue weighted by Crippen LogP contribution is 2.24. The van der Waals surface area contributed by atoms with E-state index in [1.54, 1.807) is 16.8 Å². The van der Waals surface area contributed by atoms with E-state index >= 15 is 0 Å². The molecule has 1 aromatic heterocycles. The molecule has 0 radical (unpaired) electrons. The second-order valence-corrected chi connectivity index (χ2v) is 5.22. The normalized spacial score (nSPS) is 10.9. The van der Waals surface area contributed by atoms with Gasteiger partial charge in [-0.25, -0.2) is 9.48 Å². The van der Waals surface area contributed by atoms with Gasteiger partial charge in [0, 0.05) is 6.54 Å². The van der Waals surface area contributed by atoms with Crippen LogP contribution in [0, 0.1) is 13.8 Å². The molecule has 3 rings (SSSR count). The summed E-state index contributed by atoms with van der Waals surface area (Å²) < 4.78 is 7.34. The molecule has 0 saturated heterocycles. The van der Waals surface area contributed by atoms with Crippen LogP contribution in [0.3, 0.4) is 0 Å². The van der Waals surface area contributed by atoms with Gasteiger partial charge in [-0.1, -0.05) is 23.4 Å². The van der Waals surface area contributed by atoms with Gasteiger partial charge < -0.3 is 4.74 Å². The second kappa shape index (κ2) is 5.60. The number of benzene rings is 2. The molecule has 0 fully saturated rings. The number of carbonyl (C=O) groups is 1. The van der Waals surface area contributed by atoms with E-state index in [0.29, 0.717) is 16.8 Å². The number of para-hydroxylation sites is 1. The van der Waals surface area contributed by atoms with Crippen molar-refractivity contribution in [1.82, 2.24) is 15.0 Å². The lowest BCUT2D eigenvalue weighted by Crippen LogP contribution is -2.10. The Morgan fingerprint density at radius 1 is 1.18 bits per heavy atom. The van der Waals surface area contributed by atoms with Crippen LogP contribution >= 0.6 is 0 Å². The third-order valence-corrected chi connectivity index (χ3v) is 3.65. The summed E-state index contributed by atoms with van der Waals surface area (Å²) in [6.45, 7) is 6.58. The number of hydrogen-bond acceptors (Lipinski definition) is 4. The van der Waals surface area contributed by atoms with Gasteiger partial charge in [0.25, 0.3) is 0 Å². The molecule has 22 heavy (non-hydrogen) atoms. The average Bonchev–Trinajstić information content (AvgIpc) is 2.93. The first kappa shape index (κ1) is 14.3. The number of nitrogens with zero attached hydrogens (tertiary/aromatic N) is 3. The van der Waals surface area contributed by atoms with Crippen LogP contribution in [0.5, 0.6) is 5.75 Å². The third-order valence-electron chi connectivity index (χ3n) is 3.65. The number of aryl methyl sites for hydroxylation is 3. The fraction of sp³-hybridized carbons (Fsp3) is 0.235. The van der Waals surface area contributed by atoms with Gasteiger partial charge in [0.05, 0.1) is 11.1 Å². The first-order chi connectivity index (χ1) is 10.6. The fourth-order valence-corrected chi connectivity index (χ4v) is 2.44. The van der Waals surface area contributed by atoms with Crippen molar-refractivity contribution >= 4 is 17.0 Å². The summed E-state index contributed by atoms with van der Waals surface area (Å²) in [5, 5.41) is 8.12. The molecule has 0 aliphatic carbocycles. The molecule has 0 aliphatic heterocycles. The minimum absolute atomic E-state index is 0.384. The molecule has 5 heteroatoms. The van der Waals surface area contributed by atoms with E-state index in [4.69, 9.17) is 4.74 Å². The summed E-state index contributed by atoms with van der Waals surface area (Å²) in [6.07, 6.45) is 0. The predicted octanol–water partition coefficient (Wildman–Crippen LogP) is 3.29. The summed E-state index contributed by atoms with van der Waals surface area (Å²) in [5.74, 6) is 0.232. The SMILES string of the molecule is CCn1nnc2cc(C(=O)Oc3c(C)cccc3C)ccc21. The van der Waals surface area contributed by atoms with Crippen LogP contribution in [-0.2, 0) is 6.54 Å². The third kappa shape index (κ3) is 2.45. The molecule has 0 saturated carbocycles. The molecule has 0 aliphatic rings. The second-order valence-electron chi connectivity index (χ2n) is 5.22. The Morgan fingerprint density at radius 2 is 1.91 bits per heavy atom. The van der Waals surface area contributed by atoms with Gasteiger partial charge in [-0.05, 0) is 50.1 Å². The molecule has 112 valence electrons. The zero-order valence-corrected chi connectivity index (χ0v) is 12.8. The van der Waals surface area contributed by atoms with Crippen molar-refractivity contribution in [1.29, 1.82) is 0 Å².